The maximum absolute atomic E-state index is 11.9. The van der Waals surface area contributed by atoms with Gasteiger partial charge < -0.3 is 15.7 Å². The molecule has 0 aliphatic carbocycles. The molecule has 5 heteroatoms. The Morgan fingerprint density at radius 3 is 2.33 bits per heavy atom. The Kier molecular flexibility index (Phi) is 6.88. The van der Waals surface area contributed by atoms with Crippen LogP contribution in [0.1, 0.15) is 32.8 Å². The fourth-order valence-corrected chi connectivity index (χ4v) is 1.73. The summed E-state index contributed by atoms with van der Waals surface area (Å²) in [7, 11) is 0. The monoisotopic (exact) mass is 292 g/mol. The van der Waals surface area contributed by atoms with Gasteiger partial charge in [0.05, 0.1) is 12.5 Å². The molecule has 0 bridgehead atoms. The van der Waals surface area contributed by atoms with Gasteiger partial charge in [-0.05, 0) is 18.4 Å². The Bertz CT molecular complexity index is 460. The summed E-state index contributed by atoms with van der Waals surface area (Å²) in [5, 5.41) is 15.0. The first-order chi connectivity index (χ1) is 9.90. The van der Waals surface area contributed by atoms with Gasteiger partial charge in [-0.3, -0.25) is 9.59 Å². The first-order valence-electron chi connectivity index (χ1n) is 7.19. The van der Waals surface area contributed by atoms with Crippen LogP contribution in [0.15, 0.2) is 30.3 Å². The molecule has 2 amide bonds. The third-order valence-electron chi connectivity index (χ3n) is 3.24. The van der Waals surface area contributed by atoms with Gasteiger partial charge in [0.2, 0.25) is 11.8 Å². The summed E-state index contributed by atoms with van der Waals surface area (Å²) in [5.74, 6) is -0.553. The van der Waals surface area contributed by atoms with E-state index in [-0.39, 0.29) is 24.2 Å². The minimum Gasteiger partial charge on any atom is -0.392 e. The van der Waals surface area contributed by atoms with Gasteiger partial charge in [-0.2, -0.15) is 0 Å². The largest absolute Gasteiger partial charge is 0.392 e. The Hall–Kier alpha value is -1.88. The van der Waals surface area contributed by atoms with Gasteiger partial charge in [-0.25, -0.2) is 0 Å². The number of rotatable bonds is 7. The number of aliphatic hydroxyl groups is 1. The number of amides is 2. The van der Waals surface area contributed by atoms with Crippen LogP contribution in [0.4, 0.5) is 0 Å². The van der Waals surface area contributed by atoms with Crippen LogP contribution in [0, 0.1) is 5.92 Å². The highest BCUT2D eigenvalue weighted by atomic mass is 16.3. The molecule has 0 aromatic heterocycles. The fraction of sp³-hybridized carbons (Fsp3) is 0.500. The number of benzene rings is 1. The van der Waals surface area contributed by atoms with Crippen molar-refractivity contribution in [1.29, 1.82) is 0 Å². The summed E-state index contributed by atoms with van der Waals surface area (Å²) in [4.78, 5) is 23.6. The van der Waals surface area contributed by atoms with Crippen LogP contribution in [0.2, 0.25) is 0 Å². The fourth-order valence-electron chi connectivity index (χ4n) is 1.73. The van der Waals surface area contributed by atoms with Crippen molar-refractivity contribution >= 4 is 11.8 Å². The molecule has 0 heterocycles. The second-order valence-electron chi connectivity index (χ2n) is 5.51. The number of hydrogen-bond donors (Lipinski definition) is 3. The van der Waals surface area contributed by atoms with Gasteiger partial charge in [0, 0.05) is 6.54 Å². The average Bonchev–Trinajstić information content (AvgIpc) is 2.45. The van der Waals surface area contributed by atoms with E-state index >= 15 is 0 Å². The summed E-state index contributed by atoms with van der Waals surface area (Å²) >= 11 is 0. The molecule has 0 aliphatic rings. The number of hydrogen-bond acceptors (Lipinski definition) is 3. The van der Waals surface area contributed by atoms with E-state index in [1.165, 1.54) is 0 Å². The lowest BCUT2D eigenvalue weighted by Gasteiger charge is -2.17. The number of aliphatic hydroxyl groups excluding tert-OH is 1. The Morgan fingerprint density at radius 1 is 1.14 bits per heavy atom. The van der Waals surface area contributed by atoms with E-state index in [4.69, 9.17) is 0 Å². The van der Waals surface area contributed by atoms with Crippen molar-refractivity contribution in [3.05, 3.63) is 35.9 Å². The number of carbonyl (C=O) groups excluding carboxylic acids is 2. The molecular weight excluding hydrogens is 268 g/mol. The third kappa shape index (κ3) is 6.40. The summed E-state index contributed by atoms with van der Waals surface area (Å²) < 4.78 is 0. The van der Waals surface area contributed by atoms with Crippen molar-refractivity contribution in [2.45, 2.75) is 45.9 Å². The molecule has 0 aliphatic heterocycles. The van der Waals surface area contributed by atoms with Gasteiger partial charge >= 0.3 is 0 Å². The molecule has 3 N–H and O–H groups in total. The van der Waals surface area contributed by atoms with Gasteiger partial charge in [0.1, 0.15) is 6.04 Å². The van der Waals surface area contributed by atoms with Crippen LogP contribution in [0.3, 0.4) is 0 Å². The highest BCUT2D eigenvalue weighted by Gasteiger charge is 2.19. The van der Waals surface area contributed by atoms with E-state index in [1.807, 2.05) is 44.2 Å². The van der Waals surface area contributed by atoms with Crippen LogP contribution in [-0.2, 0) is 16.1 Å². The zero-order chi connectivity index (χ0) is 15.8. The molecule has 21 heavy (non-hydrogen) atoms. The summed E-state index contributed by atoms with van der Waals surface area (Å²) in [5.41, 5.74) is 1.000. The van der Waals surface area contributed by atoms with E-state index in [9.17, 15) is 14.7 Å². The molecule has 0 saturated heterocycles. The summed E-state index contributed by atoms with van der Waals surface area (Å²) in [6, 6.07) is 8.93. The lowest BCUT2D eigenvalue weighted by atomic mass is 10.0. The lowest BCUT2D eigenvalue weighted by molar-refractivity contribution is -0.130. The molecule has 1 aromatic carbocycles. The van der Waals surface area contributed by atoms with Crippen molar-refractivity contribution in [2.24, 2.45) is 5.92 Å². The van der Waals surface area contributed by atoms with E-state index < -0.39 is 12.1 Å². The maximum atomic E-state index is 11.9. The third-order valence-corrected chi connectivity index (χ3v) is 3.24. The Morgan fingerprint density at radius 2 is 1.76 bits per heavy atom. The van der Waals surface area contributed by atoms with Crippen molar-refractivity contribution in [2.75, 3.05) is 0 Å². The van der Waals surface area contributed by atoms with Gasteiger partial charge in [0.15, 0.2) is 0 Å². The highest BCUT2D eigenvalue weighted by molar-refractivity contribution is 5.87. The van der Waals surface area contributed by atoms with Crippen molar-refractivity contribution in [1.82, 2.24) is 10.6 Å². The zero-order valence-corrected chi connectivity index (χ0v) is 12.8. The molecule has 1 rings (SSSR count). The quantitative estimate of drug-likeness (QED) is 0.707. The topological polar surface area (TPSA) is 78.4 Å². The van der Waals surface area contributed by atoms with Crippen LogP contribution >= 0.6 is 0 Å². The standard InChI is InChI=1S/C16H24N2O3/c1-11(2)14(19)9-15(20)18-12(3)16(21)17-10-13-7-5-4-6-8-13/h4-8,11-12,14,19H,9-10H2,1-3H3,(H,17,21)(H,18,20). The van der Waals surface area contributed by atoms with Gasteiger partial charge in [-0.15, -0.1) is 0 Å². The predicted octanol–water partition coefficient (Wildman–Crippen LogP) is 1.21. The molecule has 5 nitrogen and oxygen atoms in total. The predicted molar refractivity (Wildman–Crippen MR) is 81.4 cm³/mol. The second kappa shape index (κ2) is 8.42. The van der Waals surface area contributed by atoms with Crippen molar-refractivity contribution < 1.29 is 14.7 Å². The molecule has 0 spiro atoms. The minimum absolute atomic E-state index is 0.00791. The molecule has 116 valence electrons. The average molecular weight is 292 g/mol. The van der Waals surface area contributed by atoms with E-state index in [1.54, 1.807) is 6.92 Å². The molecule has 0 radical (unpaired) electrons. The Balaban J connectivity index is 2.35. The molecule has 0 saturated carbocycles. The summed E-state index contributed by atoms with van der Waals surface area (Å²) in [6.07, 6.45) is -0.682. The van der Waals surface area contributed by atoms with Crippen molar-refractivity contribution in [3.63, 3.8) is 0 Å². The SMILES string of the molecule is CC(NC(=O)CC(O)C(C)C)C(=O)NCc1ccccc1. The second-order valence-corrected chi connectivity index (χ2v) is 5.51. The number of nitrogens with one attached hydrogen (secondary N) is 2. The van der Waals surface area contributed by atoms with Gasteiger partial charge in [0.25, 0.3) is 0 Å². The number of carbonyl (C=O) groups is 2. The molecular formula is C16H24N2O3. The highest BCUT2D eigenvalue weighted by Crippen LogP contribution is 2.05. The first-order valence-corrected chi connectivity index (χ1v) is 7.19. The van der Waals surface area contributed by atoms with E-state index in [0.717, 1.165) is 5.56 Å². The zero-order valence-electron chi connectivity index (χ0n) is 12.8. The van der Waals surface area contributed by atoms with E-state index in [2.05, 4.69) is 10.6 Å². The first kappa shape index (κ1) is 17.2. The lowest BCUT2D eigenvalue weighted by Crippen LogP contribution is -2.45. The van der Waals surface area contributed by atoms with Gasteiger partial charge in [-0.1, -0.05) is 44.2 Å². The molecule has 2 atom stereocenters. The van der Waals surface area contributed by atoms with Crippen LogP contribution in [-0.4, -0.2) is 29.1 Å². The smallest absolute Gasteiger partial charge is 0.242 e. The summed E-state index contributed by atoms with van der Waals surface area (Å²) in [6.45, 7) is 5.73. The minimum atomic E-state index is -0.690. The maximum Gasteiger partial charge on any atom is 0.242 e. The van der Waals surface area contributed by atoms with Crippen molar-refractivity contribution in [3.8, 4) is 0 Å². The van der Waals surface area contributed by atoms with E-state index in [0.29, 0.717) is 6.54 Å². The molecule has 1 aromatic rings. The van der Waals surface area contributed by atoms with Crippen LogP contribution in [0.25, 0.3) is 0 Å². The Labute approximate surface area is 125 Å². The van der Waals surface area contributed by atoms with Crippen LogP contribution < -0.4 is 10.6 Å². The normalized spacial score (nSPS) is 13.6. The van der Waals surface area contributed by atoms with Crippen LogP contribution in [0.5, 0.6) is 0 Å². The molecule has 0 fully saturated rings. The molecule has 2 unspecified atom stereocenters.